The fourth-order valence-electron chi connectivity index (χ4n) is 2.95. The summed E-state index contributed by atoms with van der Waals surface area (Å²) in [4.78, 5) is 3.52. The first-order valence-electron chi connectivity index (χ1n) is 8.71. The number of benzene rings is 1. The lowest BCUT2D eigenvalue weighted by Gasteiger charge is -2.34. The first-order chi connectivity index (χ1) is 12.9. The Kier molecular flexibility index (Phi) is 7.43. The van der Waals surface area contributed by atoms with Gasteiger partial charge in [-0.2, -0.15) is 4.31 Å². The fraction of sp³-hybridized carbons (Fsp3) is 0.444. The molecule has 1 atom stereocenters. The minimum Gasteiger partial charge on any atom is -0.389 e. The molecule has 2 aromatic rings. The third-order valence-corrected chi connectivity index (χ3v) is 7.68. The van der Waals surface area contributed by atoms with E-state index in [2.05, 4.69) is 20.8 Å². The molecule has 3 rings (SSSR count). The zero-order valence-electron chi connectivity index (χ0n) is 14.8. The summed E-state index contributed by atoms with van der Waals surface area (Å²) in [6.07, 6.45) is -0.584. The van der Waals surface area contributed by atoms with Crippen LogP contribution in [0.2, 0.25) is 0 Å². The van der Waals surface area contributed by atoms with E-state index in [0.29, 0.717) is 44.2 Å². The Morgan fingerprint density at radius 3 is 2.48 bits per heavy atom. The molecular formula is C18H23BrN2O4S2. The van der Waals surface area contributed by atoms with Crippen LogP contribution in [-0.2, 0) is 21.4 Å². The van der Waals surface area contributed by atoms with Gasteiger partial charge in [0.1, 0.15) is 0 Å². The number of aliphatic hydroxyl groups excluding tert-OH is 1. The quantitative estimate of drug-likeness (QED) is 0.635. The Morgan fingerprint density at radius 1 is 1.15 bits per heavy atom. The smallest absolute Gasteiger partial charge is 0.243 e. The molecule has 1 aromatic heterocycles. The second-order valence-corrected chi connectivity index (χ2v) is 10.3. The summed E-state index contributed by atoms with van der Waals surface area (Å²) in [5.41, 5.74) is 0. The molecule has 27 heavy (non-hydrogen) atoms. The van der Waals surface area contributed by atoms with Crippen molar-refractivity contribution in [2.45, 2.75) is 17.6 Å². The molecule has 0 saturated carbocycles. The summed E-state index contributed by atoms with van der Waals surface area (Å²) in [6, 6.07) is 10.7. The molecule has 0 radical (unpaired) electrons. The highest BCUT2D eigenvalue weighted by atomic mass is 79.9. The molecule has 6 nitrogen and oxygen atoms in total. The molecule has 1 N–H and O–H groups in total. The molecule has 1 aliphatic rings. The van der Waals surface area contributed by atoms with Crippen molar-refractivity contribution < 1.29 is 18.3 Å². The first kappa shape index (κ1) is 20.9. The highest BCUT2D eigenvalue weighted by Gasteiger charge is 2.29. The average molecular weight is 475 g/mol. The van der Waals surface area contributed by atoms with E-state index in [4.69, 9.17) is 4.74 Å². The van der Waals surface area contributed by atoms with E-state index < -0.39 is 16.1 Å². The number of halogens is 1. The standard InChI is InChI=1S/C18H23BrN2O4S2/c19-15-3-5-18(6-4-15)27(23,24)21-9-7-20(8-10-21)12-16(22)13-25-14-17-2-1-11-26-17/h1-6,11,16,22H,7-10,12-14H2/t16-/m1/s1. The molecule has 9 heteroatoms. The second-order valence-electron chi connectivity index (χ2n) is 6.41. The van der Waals surface area contributed by atoms with Gasteiger partial charge < -0.3 is 9.84 Å². The summed E-state index contributed by atoms with van der Waals surface area (Å²) in [5, 5.41) is 12.2. The van der Waals surface area contributed by atoms with Crippen molar-refractivity contribution in [2.24, 2.45) is 0 Å². The molecular weight excluding hydrogens is 452 g/mol. The first-order valence-corrected chi connectivity index (χ1v) is 11.8. The van der Waals surface area contributed by atoms with Gasteiger partial charge in [-0.15, -0.1) is 11.3 Å². The van der Waals surface area contributed by atoms with Crippen molar-refractivity contribution in [1.29, 1.82) is 0 Å². The van der Waals surface area contributed by atoms with Crippen molar-refractivity contribution >= 4 is 37.3 Å². The predicted octanol–water partition coefficient (Wildman–Crippen LogP) is 2.39. The van der Waals surface area contributed by atoms with Crippen LogP contribution in [0.15, 0.2) is 51.1 Å². The van der Waals surface area contributed by atoms with Crippen molar-refractivity contribution in [2.75, 3.05) is 39.3 Å². The summed E-state index contributed by atoms with van der Waals surface area (Å²) in [5.74, 6) is 0. The van der Waals surface area contributed by atoms with Crippen molar-refractivity contribution in [3.63, 3.8) is 0 Å². The number of thiophene rings is 1. The van der Waals surface area contributed by atoms with Crippen LogP contribution in [0.5, 0.6) is 0 Å². The van der Waals surface area contributed by atoms with Gasteiger partial charge in [-0.1, -0.05) is 22.0 Å². The SMILES string of the molecule is O=S(=O)(c1ccc(Br)cc1)N1CCN(C[C@@H](O)COCc2cccs2)CC1. The second kappa shape index (κ2) is 9.60. The Bertz CT molecular complexity index is 804. The van der Waals surface area contributed by atoms with Crippen molar-refractivity contribution in [1.82, 2.24) is 9.21 Å². The van der Waals surface area contributed by atoms with Gasteiger partial charge in [-0.25, -0.2) is 8.42 Å². The summed E-state index contributed by atoms with van der Waals surface area (Å²) < 4.78 is 33.3. The van der Waals surface area contributed by atoms with Crippen molar-refractivity contribution in [3.8, 4) is 0 Å². The van der Waals surface area contributed by atoms with Gasteiger partial charge >= 0.3 is 0 Å². The summed E-state index contributed by atoms with van der Waals surface area (Å²) in [7, 11) is -3.47. The molecule has 2 heterocycles. The lowest BCUT2D eigenvalue weighted by atomic mass is 10.3. The molecule has 148 valence electrons. The maximum absolute atomic E-state index is 12.7. The van der Waals surface area contributed by atoms with Gasteiger partial charge in [0, 0.05) is 42.1 Å². The van der Waals surface area contributed by atoms with Gasteiger partial charge in [-0.05, 0) is 35.7 Å². The Labute approximate surface area is 172 Å². The fourth-order valence-corrected chi connectivity index (χ4v) is 5.28. The molecule has 1 aromatic carbocycles. The molecule has 0 unspecified atom stereocenters. The Balaban J connectivity index is 1.43. The number of ether oxygens (including phenoxy) is 1. The number of hydrogen-bond acceptors (Lipinski definition) is 6. The topological polar surface area (TPSA) is 70.1 Å². The van der Waals surface area contributed by atoms with Gasteiger partial charge in [0.05, 0.1) is 24.2 Å². The van der Waals surface area contributed by atoms with Crippen LogP contribution >= 0.6 is 27.3 Å². The Morgan fingerprint density at radius 2 is 1.85 bits per heavy atom. The predicted molar refractivity (Wildman–Crippen MR) is 109 cm³/mol. The third-order valence-electron chi connectivity index (χ3n) is 4.39. The number of piperazine rings is 1. The zero-order valence-corrected chi connectivity index (χ0v) is 18.0. The van der Waals surface area contributed by atoms with Gasteiger partial charge in [0.15, 0.2) is 0 Å². The number of rotatable bonds is 8. The maximum Gasteiger partial charge on any atom is 0.243 e. The largest absolute Gasteiger partial charge is 0.389 e. The lowest BCUT2D eigenvalue weighted by molar-refractivity contribution is 0.00611. The molecule has 0 bridgehead atoms. The van der Waals surface area contributed by atoms with Crippen LogP contribution in [0.4, 0.5) is 0 Å². The lowest BCUT2D eigenvalue weighted by Crippen LogP contribution is -2.50. The van der Waals surface area contributed by atoms with Gasteiger partial charge in [-0.3, -0.25) is 4.90 Å². The van der Waals surface area contributed by atoms with E-state index in [1.54, 1.807) is 35.6 Å². The molecule has 0 aliphatic carbocycles. The van der Waals surface area contributed by atoms with Gasteiger partial charge in [0.25, 0.3) is 0 Å². The van der Waals surface area contributed by atoms with Crippen LogP contribution in [-0.4, -0.2) is 68.2 Å². The molecule has 1 saturated heterocycles. The van der Waals surface area contributed by atoms with E-state index in [9.17, 15) is 13.5 Å². The number of aliphatic hydroxyl groups is 1. The summed E-state index contributed by atoms with van der Waals surface area (Å²) in [6.45, 7) is 3.29. The van der Waals surface area contributed by atoms with E-state index >= 15 is 0 Å². The Hall–Kier alpha value is -0.810. The average Bonchev–Trinajstić information content (AvgIpc) is 3.16. The maximum atomic E-state index is 12.7. The van der Waals surface area contributed by atoms with Crippen LogP contribution in [0.1, 0.15) is 4.88 Å². The van der Waals surface area contributed by atoms with E-state index in [-0.39, 0.29) is 6.61 Å². The van der Waals surface area contributed by atoms with Crippen LogP contribution < -0.4 is 0 Å². The van der Waals surface area contributed by atoms with Crippen LogP contribution in [0.25, 0.3) is 0 Å². The normalized spacial score (nSPS) is 17.9. The number of sulfonamides is 1. The van der Waals surface area contributed by atoms with E-state index in [0.717, 1.165) is 9.35 Å². The molecule has 0 amide bonds. The summed E-state index contributed by atoms with van der Waals surface area (Å²) >= 11 is 4.95. The number of hydrogen-bond donors (Lipinski definition) is 1. The van der Waals surface area contributed by atoms with E-state index in [1.807, 2.05) is 17.5 Å². The molecule has 0 spiro atoms. The molecule has 1 aliphatic heterocycles. The van der Waals surface area contributed by atoms with Crippen molar-refractivity contribution in [3.05, 3.63) is 51.1 Å². The highest BCUT2D eigenvalue weighted by Crippen LogP contribution is 2.20. The number of β-amino-alcohol motifs (C(OH)–C–C–N with tert-alkyl or cyclic N) is 1. The molecule has 1 fully saturated rings. The monoisotopic (exact) mass is 474 g/mol. The van der Waals surface area contributed by atoms with Crippen LogP contribution in [0.3, 0.4) is 0 Å². The minimum absolute atomic E-state index is 0.273. The third kappa shape index (κ3) is 5.83. The highest BCUT2D eigenvalue weighted by molar-refractivity contribution is 9.10. The number of nitrogens with zero attached hydrogens (tertiary/aromatic N) is 2. The van der Waals surface area contributed by atoms with E-state index in [1.165, 1.54) is 4.31 Å². The van der Waals surface area contributed by atoms with Crippen LogP contribution in [0, 0.1) is 0 Å². The zero-order chi connectivity index (χ0) is 19.3. The minimum atomic E-state index is -3.47. The van der Waals surface area contributed by atoms with Gasteiger partial charge in [0.2, 0.25) is 10.0 Å².